The summed E-state index contributed by atoms with van der Waals surface area (Å²) in [5.41, 5.74) is 2.74. The third-order valence-electron chi connectivity index (χ3n) is 3.48. The van der Waals surface area contributed by atoms with E-state index in [1.807, 2.05) is 6.20 Å². The molecule has 2 nitrogen and oxygen atoms in total. The summed E-state index contributed by atoms with van der Waals surface area (Å²) < 4.78 is 5.91. The number of hydrogen-bond donors (Lipinski definition) is 0. The van der Waals surface area contributed by atoms with E-state index in [1.165, 1.54) is 36.8 Å². The fourth-order valence-corrected chi connectivity index (χ4v) is 2.56. The quantitative estimate of drug-likeness (QED) is 0.770. The van der Waals surface area contributed by atoms with Gasteiger partial charge in [-0.25, -0.2) is 4.98 Å². The Labute approximate surface area is 104 Å². The van der Waals surface area contributed by atoms with Crippen LogP contribution in [0.15, 0.2) is 12.3 Å². The Morgan fingerprint density at radius 3 is 2.41 bits per heavy atom. The molecule has 1 heterocycles. The van der Waals surface area contributed by atoms with Gasteiger partial charge in [0.05, 0.1) is 0 Å². The van der Waals surface area contributed by atoms with Crippen LogP contribution in [0.25, 0.3) is 0 Å². The minimum absolute atomic E-state index is 0.156. The first-order valence-corrected chi connectivity index (χ1v) is 6.60. The molecule has 2 heteroatoms. The Balaban J connectivity index is 2.13. The third-order valence-corrected chi connectivity index (χ3v) is 3.48. The standard InChI is InChI=1S/C15H23NO/c1-11-9-14(17-12-7-5-6-8-12)16-10-13(11)15(2,3)4/h9-10,12H,5-8H2,1-4H3. The molecule has 0 N–H and O–H groups in total. The number of nitrogens with zero attached hydrogens (tertiary/aromatic N) is 1. The highest BCUT2D eigenvalue weighted by Gasteiger charge is 2.20. The summed E-state index contributed by atoms with van der Waals surface area (Å²) >= 11 is 0. The zero-order chi connectivity index (χ0) is 12.5. The van der Waals surface area contributed by atoms with E-state index in [9.17, 15) is 0 Å². The van der Waals surface area contributed by atoms with Crippen molar-refractivity contribution >= 4 is 0 Å². The third kappa shape index (κ3) is 2.99. The van der Waals surface area contributed by atoms with Crippen molar-refractivity contribution < 1.29 is 4.74 Å². The fourth-order valence-electron chi connectivity index (χ4n) is 2.56. The van der Waals surface area contributed by atoms with E-state index in [0.717, 1.165) is 5.88 Å². The maximum absolute atomic E-state index is 5.91. The molecule has 0 aliphatic heterocycles. The number of aromatic nitrogens is 1. The van der Waals surface area contributed by atoms with Gasteiger partial charge in [-0.05, 0) is 49.1 Å². The predicted octanol–water partition coefficient (Wildman–Crippen LogP) is 4.01. The topological polar surface area (TPSA) is 22.1 Å². The first kappa shape index (κ1) is 12.4. The highest BCUT2D eigenvalue weighted by atomic mass is 16.5. The molecule has 1 saturated carbocycles. The molecule has 17 heavy (non-hydrogen) atoms. The van der Waals surface area contributed by atoms with Gasteiger partial charge in [0.2, 0.25) is 5.88 Å². The van der Waals surface area contributed by atoms with Gasteiger partial charge in [0.25, 0.3) is 0 Å². The lowest BCUT2D eigenvalue weighted by Gasteiger charge is -2.22. The summed E-state index contributed by atoms with van der Waals surface area (Å²) in [6.07, 6.45) is 7.32. The van der Waals surface area contributed by atoms with Crippen molar-refractivity contribution in [3.63, 3.8) is 0 Å². The van der Waals surface area contributed by atoms with Crippen molar-refractivity contribution in [3.05, 3.63) is 23.4 Å². The molecule has 0 radical (unpaired) electrons. The van der Waals surface area contributed by atoms with Crippen molar-refractivity contribution in [1.82, 2.24) is 4.98 Å². The fraction of sp³-hybridized carbons (Fsp3) is 0.667. The molecule has 2 rings (SSSR count). The summed E-state index contributed by atoms with van der Waals surface area (Å²) in [5.74, 6) is 0.794. The number of pyridine rings is 1. The van der Waals surface area contributed by atoms with Gasteiger partial charge in [0.1, 0.15) is 6.10 Å². The number of hydrogen-bond acceptors (Lipinski definition) is 2. The van der Waals surface area contributed by atoms with E-state index < -0.39 is 0 Å². The van der Waals surface area contributed by atoms with Gasteiger partial charge >= 0.3 is 0 Å². The van der Waals surface area contributed by atoms with Crippen LogP contribution in [0, 0.1) is 6.92 Å². The van der Waals surface area contributed by atoms with Crippen molar-refractivity contribution in [2.75, 3.05) is 0 Å². The van der Waals surface area contributed by atoms with Crippen LogP contribution < -0.4 is 4.74 Å². The van der Waals surface area contributed by atoms with Crippen LogP contribution >= 0.6 is 0 Å². The van der Waals surface area contributed by atoms with Gasteiger partial charge in [0.15, 0.2) is 0 Å². The van der Waals surface area contributed by atoms with Gasteiger partial charge in [-0.1, -0.05) is 20.8 Å². The Bertz CT molecular complexity index is 386. The average Bonchev–Trinajstić information content (AvgIpc) is 2.68. The SMILES string of the molecule is Cc1cc(OC2CCCC2)ncc1C(C)(C)C. The Hall–Kier alpha value is -1.05. The lowest BCUT2D eigenvalue weighted by Crippen LogP contribution is -2.15. The Kier molecular flexibility index (Phi) is 3.41. The van der Waals surface area contributed by atoms with Crippen LogP contribution in [0.2, 0.25) is 0 Å². The normalized spacial score (nSPS) is 17.4. The molecule has 1 aliphatic rings. The smallest absolute Gasteiger partial charge is 0.213 e. The van der Waals surface area contributed by atoms with Crippen molar-refractivity contribution in [1.29, 1.82) is 0 Å². The van der Waals surface area contributed by atoms with Crippen LogP contribution in [0.1, 0.15) is 57.6 Å². The van der Waals surface area contributed by atoms with Crippen LogP contribution in [-0.4, -0.2) is 11.1 Å². The van der Waals surface area contributed by atoms with E-state index in [2.05, 4.69) is 38.7 Å². The van der Waals surface area contributed by atoms with Crippen LogP contribution in [0.3, 0.4) is 0 Å². The molecule has 0 bridgehead atoms. The van der Waals surface area contributed by atoms with E-state index >= 15 is 0 Å². The summed E-state index contributed by atoms with van der Waals surface area (Å²) in [7, 11) is 0. The molecular formula is C15H23NO. The monoisotopic (exact) mass is 233 g/mol. The van der Waals surface area contributed by atoms with Gasteiger partial charge in [-0.3, -0.25) is 0 Å². The van der Waals surface area contributed by atoms with Gasteiger partial charge in [-0.2, -0.15) is 0 Å². The zero-order valence-electron chi connectivity index (χ0n) is 11.4. The summed E-state index contributed by atoms with van der Waals surface area (Å²) in [4.78, 5) is 4.45. The second kappa shape index (κ2) is 4.67. The lowest BCUT2D eigenvalue weighted by molar-refractivity contribution is 0.201. The molecular weight excluding hydrogens is 210 g/mol. The van der Waals surface area contributed by atoms with Crippen LogP contribution in [-0.2, 0) is 5.41 Å². The van der Waals surface area contributed by atoms with Crippen LogP contribution in [0.5, 0.6) is 5.88 Å². The summed E-state index contributed by atoms with van der Waals surface area (Å²) in [6.45, 7) is 8.79. The number of aryl methyl sites for hydroxylation is 1. The van der Waals surface area contributed by atoms with Crippen molar-refractivity contribution in [2.45, 2.75) is 64.9 Å². The average molecular weight is 233 g/mol. The molecule has 1 aliphatic carbocycles. The Morgan fingerprint density at radius 2 is 1.88 bits per heavy atom. The van der Waals surface area contributed by atoms with Crippen molar-refractivity contribution in [2.24, 2.45) is 0 Å². The minimum Gasteiger partial charge on any atom is -0.474 e. The number of ether oxygens (including phenoxy) is 1. The highest BCUT2D eigenvalue weighted by molar-refractivity contribution is 5.33. The van der Waals surface area contributed by atoms with E-state index in [4.69, 9.17) is 4.74 Å². The van der Waals surface area contributed by atoms with Gasteiger partial charge in [-0.15, -0.1) is 0 Å². The largest absolute Gasteiger partial charge is 0.474 e. The molecule has 0 aromatic carbocycles. The van der Waals surface area contributed by atoms with E-state index in [-0.39, 0.29) is 5.41 Å². The molecule has 0 amide bonds. The first-order chi connectivity index (χ1) is 7.97. The molecule has 0 unspecified atom stereocenters. The van der Waals surface area contributed by atoms with Gasteiger partial charge < -0.3 is 4.74 Å². The molecule has 0 saturated heterocycles. The maximum atomic E-state index is 5.91. The molecule has 0 atom stereocenters. The molecule has 0 spiro atoms. The van der Waals surface area contributed by atoms with E-state index in [0.29, 0.717) is 6.10 Å². The lowest BCUT2D eigenvalue weighted by atomic mass is 9.85. The van der Waals surface area contributed by atoms with Crippen LogP contribution in [0.4, 0.5) is 0 Å². The maximum Gasteiger partial charge on any atom is 0.213 e. The molecule has 1 fully saturated rings. The zero-order valence-corrected chi connectivity index (χ0v) is 11.4. The van der Waals surface area contributed by atoms with Gasteiger partial charge in [0, 0.05) is 12.3 Å². The minimum atomic E-state index is 0.156. The molecule has 94 valence electrons. The summed E-state index contributed by atoms with van der Waals surface area (Å²) in [5, 5.41) is 0. The molecule has 1 aromatic rings. The second-order valence-corrected chi connectivity index (χ2v) is 6.11. The highest BCUT2D eigenvalue weighted by Crippen LogP contribution is 2.28. The summed E-state index contributed by atoms with van der Waals surface area (Å²) in [6, 6.07) is 2.08. The first-order valence-electron chi connectivity index (χ1n) is 6.60. The number of rotatable bonds is 2. The second-order valence-electron chi connectivity index (χ2n) is 6.11. The van der Waals surface area contributed by atoms with E-state index in [1.54, 1.807) is 0 Å². The Morgan fingerprint density at radius 1 is 1.24 bits per heavy atom. The molecule has 1 aromatic heterocycles. The predicted molar refractivity (Wildman–Crippen MR) is 70.6 cm³/mol. The van der Waals surface area contributed by atoms with Crippen molar-refractivity contribution in [3.8, 4) is 5.88 Å².